The van der Waals surface area contributed by atoms with Crippen molar-refractivity contribution < 1.29 is 4.74 Å². The van der Waals surface area contributed by atoms with Crippen LogP contribution in [0.4, 0.5) is 5.82 Å². The molecule has 0 unspecified atom stereocenters. The van der Waals surface area contributed by atoms with Crippen LogP contribution in [0, 0.1) is 0 Å². The Balaban J connectivity index is 1.46. The summed E-state index contributed by atoms with van der Waals surface area (Å²) in [5.74, 6) is 0.326. The Kier molecular flexibility index (Phi) is 6.05. The SMILES string of the molecule is Nc1nc(OCCCc2ccccc2)nc2c1nc(Br)n2CCc1ccccc1. The molecule has 2 heterocycles. The van der Waals surface area contributed by atoms with Crippen molar-refractivity contribution in [2.24, 2.45) is 0 Å². The number of nitrogens with zero attached hydrogens (tertiary/aromatic N) is 4. The van der Waals surface area contributed by atoms with E-state index >= 15 is 0 Å². The molecule has 0 bridgehead atoms. The van der Waals surface area contributed by atoms with Crippen molar-refractivity contribution in [3.63, 3.8) is 0 Å². The highest BCUT2D eigenvalue weighted by Crippen LogP contribution is 2.25. The molecule has 4 rings (SSSR count). The van der Waals surface area contributed by atoms with Crippen LogP contribution in [-0.2, 0) is 19.4 Å². The molecule has 148 valence electrons. The first-order valence-electron chi connectivity index (χ1n) is 9.60. The highest BCUT2D eigenvalue weighted by Gasteiger charge is 2.16. The summed E-state index contributed by atoms with van der Waals surface area (Å²) in [6.07, 6.45) is 2.68. The third-order valence-corrected chi connectivity index (χ3v) is 5.31. The fourth-order valence-electron chi connectivity index (χ4n) is 3.21. The second-order valence-electron chi connectivity index (χ2n) is 6.77. The van der Waals surface area contributed by atoms with Crippen LogP contribution in [0.2, 0.25) is 0 Å². The van der Waals surface area contributed by atoms with E-state index in [1.807, 2.05) is 41.0 Å². The van der Waals surface area contributed by atoms with Gasteiger partial charge >= 0.3 is 6.01 Å². The van der Waals surface area contributed by atoms with Crippen molar-refractivity contribution in [1.29, 1.82) is 0 Å². The predicted molar refractivity (Wildman–Crippen MR) is 118 cm³/mol. The molecule has 2 N–H and O–H groups in total. The minimum atomic E-state index is 0.288. The average molecular weight is 452 g/mol. The lowest BCUT2D eigenvalue weighted by Crippen LogP contribution is -2.07. The van der Waals surface area contributed by atoms with Gasteiger partial charge in [0.05, 0.1) is 6.61 Å². The number of benzene rings is 2. The maximum absolute atomic E-state index is 6.11. The van der Waals surface area contributed by atoms with Gasteiger partial charge in [0.1, 0.15) is 0 Å². The van der Waals surface area contributed by atoms with Gasteiger partial charge in [0, 0.05) is 6.54 Å². The van der Waals surface area contributed by atoms with Gasteiger partial charge in [-0.05, 0) is 46.3 Å². The molecule has 0 saturated carbocycles. The second kappa shape index (κ2) is 9.05. The Morgan fingerprint density at radius 2 is 1.52 bits per heavy atom. The summed E-state index contributed by atoms with van der Waals surface area (Å²) in [5, 5.41) is 0. The number of fused-ring (bicyclic) bond motifs is 1. The van der Waals surface area contributed by atoms with Crippen LogP contribution in [0.3, 0.4) is 0 Å². The molecule has 7 heteroatoms. The van der Waals surface area contributed by atoms with Crippen molar-refractivity contribution in [1.82, 2.24) is 19.5 Å². The first-order valence-corrected chi connectivity index (χ1v) is 10.4. The molecule has 4 aromatic rings. The van der Waals surface area contributed by atoms with Crippen LogP contribution in [-0.4, -0.2) is 26.1 Å². The summed E-state index contributed by atoms with van der Waals surface area (Å²) in [7, 11) is 0. The third-order valence-electron chi connectivity index (χ3n) is 4.71. The molecule has 0 aliphatic rings. The van der Waals surface area contributed by atoms with Crippen molar-refractivity contribution in [3.05, 3.63) is 76.5 Å². The molecule has 6 nitrogen and oxygen atoms in total. The fourth-order valence-corrected chi connectivity index (χ4v) is 3.73. The fraction of sp³-hybridized carbons (Fsp3) is 0.227. The van der Waals surface area contributed by atoms with E-state index in [9.17, 15) is 0 Å². The number of imidazole rings is 1. The number of nitrogens with two attached hydrogens (primary N) is 1. The Morgan fingerprint density at radius 3 is 2.21 bits per heavy atom. The maximum Gasteiger partial charge on any atom is 0.320 e. The van der Waals surface area contributed by atoms with E-state index < -0.39 is 0 Å². The van der Waals surface area contributed by atoms with Gasteiger partial charge in [-0.25, -0.2) is 4.98 Å². The minimum Gasteiger partial charge on any atom is -0.463 e. The normalized spacial score (nSPS) is 11.1. The van der Waals surface area contributed by atoms with Crippen LogP contribution >= 0.6 is 15.9 Å². The average Bonchev–Trinajstić information content (AvgIpc) is 3.07. The molecule has 0 radical (unpaired) electrons. The molecule has 0 atom stereocenters. The van der Waals surface area contributed by atoms with E-state index in [1.54, 1.807) is 0 Å². The minimum absolute atomic E-state index is 0.288. The highest BCUT2D eigenvalue weighted by molar-refractivity contribution is 9.10. The maximum atomic E-state index is 6.11. The van der Waals surface area contributed by atoms with Gasteiger partial charge in [-0.3, -0.25) is 0 Å². The summed E-state index contributed by atoms with van der Waals surface area (Å²) >= 11 is 3.52. The number of hydrogen-bond donors (Lipinski definition) is 1. The van der Waals surface area contributed by atoms with Gasteiger partial charge in [0.2, 0.25) is 0 Å². The molecular weight excluding hydrogens is 430 g/mol. The summed E-state index contributed by atoms with van der Waals surface area (Å²) in [4.78, 5) is 13.3. The molecule has 0 spiro atoms. The number of rotatable bonds is 8. The van der Waals surface area contributed by atoms with Crippen molar-refractivity contribution in [2.45, 2.75) is 25.8 Å². The standard InChI is InChI=1S/C22H22BrN5O/c23-21-25-18-19(24)26-22(29-15-7-12-16-8-3-1-4-9-16)27-20(18)28(21)14-13-17-10-5-2-6-11-17/h1-6,8-11H,7,12-15H2,(H2,24,26,27). The van der Waals surface area contributed by atoms with Crippen molar-refractivity contribution in [2.75, 3.05) is 12.3 Å². The summed E-state index contributed by atoms with van der Waals surface area (Å²) in [6.45, 7) is 1.25. The molecule has 2 aromatic heterocycles. The zero-order valence-electron chi connectivity index (χ0n) is 16.0. The largest absolute Gasteiger partial charge is 0.463 e. The quantitative estimate of drug-likeness (QED) is 0.316. The summed E-state index contributed by atoms with van der Waals surface area (Å²) in [6, 6.07) is 20.9. The molecule has 29 heavy (non-hydrogen) atoms. The lowest BCUT2D eigenvalue weighted by molar-refractivity contribution is 0.288. The van der Waals surface area contributed by atoms with Gasteiger partial charge in [0.15, 0.2) is 21.7 Å². The Morgan fingerprint density at radius 1 is 0.862 bits per heavy atom. The van der Waals surface area contributed by atoms with Gasteiger partial charge in [-0.1, -0.05) is 60.7 Å². The first-order chi connectivity index (χ1) is 14.2. The van der Waals surface area contributed by atoms with Crippen LogP contribution in [0.15, 0.2) is 65.4 Å². The summed E-state index contributed by atoms with van der Waals surface area (Å²) < 4.78 is 8.47. The molecular formula is C22H22BrN5O. The van der Waals surface area contributed by atoms with E-state index in [-0.39, 0.29) is 6.01 Å². The number of nitrogen functional groups attached to an aromatic ring is 1. The van der Waals surface area contributed by atoms with E-state index in [2.05, 4.69) is 55.1 Å². The number of anilines is 1. The number of ether oxygens (including phenoxy) is 1. The topological polar surface area (TPSA) is 78.8 Å². The third kappa shape index (κ3) is 4.74. The monoisotopic (exact) mass is 451 g/mol. The Labute approximate surface area is 177 Å². The molecule has 0 amide bonds. The van der Waals surface area contributed by atoms with Crippen molar-refractivity contribution in [3.8, 4) is 6.01 Å². The smallest absolute Gasteiger partial charge is 0.320 e. The van der Waals surface area contributed by atoms with Gasteiger partial charge in [-0.15, -0.1) is 0 Å². The number of halogens is 1. The lowest BCUT2D eigenvalue weighted by atomic mass is 10.1. The molecule has 0 aliphatic carbocycles. The highest BCUT2D eigenvalue weighted by atomic mass is 79.9. The number of hydrogen-bond acceptors (Lipinski definition) is 5. The van der Waals surface area contributed by atoms with E-state index in [0.29, 0.717) is 28.3 Å². The van der Waals surface area contributed by atoms with E-state index in [0.717, 1.165) is 25.8 Å². The lowest BCUT2D eigenvalue weighted by Gasteiger charge is -2.08. The second-order valence-corrected chi connectivity index (χ2v) is 7.48. The van der Waals surface area contributed by atoms with E-state index in [4.69, 9.17) is 10.5 Å². The van der Waals surface area contributed by atoms with Crippen LogP contribution in [0.25, 0.3) is 11.2 Å². The van der Waals surface area contributed by atoms with Gasteiger partial charge in [0.25, 0.3) is 0 Å². The Bertz CT molecular complexity index is 1080. The molecule has 0 saturated heterocycles. The number of aryl methyl sites for hydroxylation is 3. The van der Waals surface area contributed by atoms with Gasteiger partial charge < -0.3 is 15.0 Å². The molecule has 2 aromatic carbocycles. The first kappa shape index (κ1) is 19.4. The Hall–Kier alpha value is -2.93. The van der Waals surface area contributed by atoms with Crippen LogP contribution in [0.5, 0.6) is 6.01 Å². The molecule has 0 aliphatic heterocycles. The van der Waals surface area contributed by atoms with Crippen LogP contribution < -0.4 is 10.5 Å². The van der Waals surface area contributed by atoms with Crippen LogP contribution in [0.1, 0.15) is 17.5 Å². The zero-order chi connectivity index (χ0) is 20.1. The van der Waals surface area contributed by atoms with Gasteiger partial charge in [-0.2, -0.15) is 9.97 Å². The predicted octanol–water partition coefficient (Wildman–Crippen LogP) is 4.43. The van der Waals surface area contributed by atoms with E-state index in [1.165, 1.54) is 11.1 Å². The summed E-state index contributed by atoms with van der Waals surface area (Å²) in [5.41, 5.74) is 9.92. The van der Waals surface area contributed by atoms with Crippen molar-refractivity contribution >= 4 is 32.9 Å². The zero-order valence-corrected chi connectivity index (χ0v) is 17.5. The number of aromatic nitrogens is 4. The molecule has 0 fully saturated rings.